The van der Waals surface area contributed by atoms with Gasteiger partial charge in [-0.3, -0.25) is 9.59 Å². The van der Waals surface area contributed by atoms with Crippen LogP contribution in [0.1, 0.15) is 30.4 Å². The van der Waals surface area contributed by atoms with Crippen molar-refractivity contribution in [1.29, 1.82) is 0 Å². The maximum absolute atomic E-state index is 12.4. The van der Waals surface area contributed by atoms with E-state index < -0.39 is 0 Å². The Hall–Kier alpha value is -2.82. The Morgan fingerprint density at radius 2 is 2.08 bits per heavy atom. The van der Waals surface area contributed by atoms with Gasteiger partial charge in [-0.05, 0) is 55.2 Å². The Balaban J connectivity index is 1.50. The average Bonchev–Trinajstić information content (AvgIpc) is 2.88. The first-order valence-corrected chi connectivity index (χ1v) is 8.59. The SMILES string of the molecule is C[C@H]1C(=O)N2CCCc3cc(NC(=O)COc4ccccc4)cc1c32. The number of amides is 2. The summed E-state index contributed by atoms with van der Waals surface area (Å²) in [5.41, 5.74) is 3.95. The van der Waals surface area contributed by atoms with Crippen LogP contribution in [0.5, 0.6) is 5.75 Å². The summed E-state index contributed by atoms with van der Waals surface area (Å²) >= 11 is 0. The maximum atomic E-state index is 12.4. The summed E-state index contributed by atoms with van der Waals surface area (Å²) in [6, 6.07) is 13.2. The number of nitrogens with zero attached hydrogens (tertiary/aromatic N) is 1. The Morgan fingerprint density at radius 3 is 2.88 bits per heavy atom. The van der Waals surface area contributed by atoms with E-state index in [2.05, 4.69) is 5.32 Å². The van der Waals surface area contributed by atoms with E-state index in [9.17, 15) is 9.59 Å². The predicted octanol–water partition coefficient (Wildman–Crippen LogP) is 3.10. The van der Waals surface area contributed by atoms with Gasteiger partial charge < -0.3 is 15.0 Å². The quantitative estimate of drug-likeness (QED) is 0.933. The minimum atomic E-state index is -0.208. The molecule has 0 aliphatic carbocycles. The molecule has 5 heteroatoms. The van der Waals surface area contributed by atoms with Gasteiger partial charge in [0, 0.05) is 12.2 Å². The first-order valence-electron chi connectivity index (χ1n) is 8.59. The molecule has 2 amide bonds. The monoisotopic (exact) mass is 336 g/mol. The molecule has 0 bridgehead atoms. The van der Waals surface area contributed by atoms with Crippen LogP contribution in [-0.2, 0) is 16.0 Å². The third-order valence-corrected chi connectivity index (χ3v) is 4.82. The van der Waals surface area contributed by atoms with E-state index in [-0.39, 0.29) is 24.3 Å². The molecule has 2 aromatic rings. The zero-order chi connectivity index (χ0) is 17.4. The van der Waals surface area contributed by atoms with Crippen LogP contribution < -0.4 is 15.0 Å². The van der Waals surface area contributed by atoms with Crippen LogP contribution in [0.4, 0.5) is 11.4 Å². The molecule has 0 saturated carbocycles. The van der Waals surface area contributed by atoms with Crippen molar-refractivity contribution in [1.82, 2.24) is 0 Å². The van der Waals surface area contributed by atoms with Gasteiger partial charge in [-0.15, -0.1) is 0 Å². The van der Waals surface area contributed by atoms with Gasteiger partial charge in [0.2, 0.25) is 5.91 Å². The summed E-state index contributed by atoms with van der Waals surface area (Å²) in [6.45, 7) is 2.68. The fraction of sp³-hybridized carbons (Fsp3) is 0.300. The lowest BCUT2D eigenvalue weighted by atomic mass is 9.96. The van der Waals surface area contributed by atoms with Gasteiger partial charge >= 0.3 is 0 Å². The minimum Gasteiger partial charge on any atom is -0.484 e. The lowest BCUT2D eigenvalue weighted by molar-refractivity contribution is -0.119. The molecule has 0 radical (unpaired) electrons. The molecule has 0 aromatic heterocycles. The van der Waals surface area contributed by atoms with Crippen LogP contribution in [-0.4, -0.2) is 25.0 Å². The van der Waals surface area contributed by atoms with Crippen molar-refractivity contribution in [3.63, 3.8) is 0 Å². The zero-order valence-electron chi connectivity index (χ0n) is 14.1. The van der Waals surface area contributed by atoms with Gasteiger partial charge in [-0.2, -0.15) is 0 Å². The van der Waals surface area contributed by atoms with Gasteiger partial charge in [0.25, 0.3) is 5.91 Å². The van der Waals surface area contributed by atoms with Crippen LogP contribution in [0.15, 0.2) is 42.5 Å². The summed E-state index contributed by atoms with van der Waals surface area (Å²) in [6.07, 6.45) is 1.89. The number of hydrogen-bond acceptors (Lipinski definition) is 3. The number of benzene rings is 2. The molecule has 0 saturated heterocycles. The molecule has 4 rings (SSSR count). The van der Waals surface area contributed by atoms with Crippen LogP contribution >= 0.6 is 0 Å². The van der Waals surface area contributed by atoms with Crippen molar-refractivity contribution in [2.45, 2.75) is 25.7 Å². The normalized spacial score (nSPS) is 18.0. The van der Waals surface area contributed by atoms with Crippen molar-refractivity contribution < 1.29 is 14.3 Å². The third-order valence-electron chi connectivity index (χ3n) is 4.82. The number of rotatable bonds is 4. The third kappa shape index (κ3) is 2.86. The predicted molar refractivity (Wildman–Crippen MR) is 96.1 cm³/mol. The molecule has 0 unspecified atom stereocenters. The highest BCUT2D eigenvalue weighted by atomic mass is 16.5. The summed E-state index contributed by atoms with van der Waals surface area (Å²) in [5, 5.41) is 2.90. The molecule has 128 valence electrons. The van der Waals surface area contributed by atoms with Gasteiger partial charge in [0.15, 0.2) is 6.61 Å². The maximum Gasteiger partial charge on any atom is 0.262 e. The molecule has 1 N–H and O–H groups in total. The number of aryl methyl sites for hydroxylation is 1. The van der Waals surface area contributed by atoms with Gasteiger partial charge in [-0.1, -0.05) is 18.2 Å². The number of anilines is 2. The molecule has 5 nitrogen and oxygen atoms in total. The number of carbonyl (C=O) groups is 2. The fourth-order valence-electron chi connectivity index (χ4n) is 3.63. The van der Waals surface area contributed by atoms with Crippen LogP contribution in [0.25, 0.3) is 0 Å². The Bertz CT molecular complexity index is 832. The van der Waals surface area contributed by atoms with E-state index in [1.807, 2.05) is 54.3 Å². The van der Waals surface area contributed by atoms with Crippen molar-refractivity contribution in [2.24, 2.45) is 0 Å². The fourth-order valence-corrected chi connectivity index (χ4v) is 3.63. The highest BCUT2D eigenvalue weighted by Crippen LogP contribution is 2.44. The number of hydrogen-bond donors (Lipinski definition) is 1. The molecule has 25 heavy (non-hydrogen) atoms. The second-order valence-electron chi connectivity index (χ2n) is 6.54. The summed E-state index contributed by atoms with van der Waals surface area (Å²) < 4.78 is 5.48. The largest absolute Gasteiger partial charge is 0.484 e. The molecule has 0 spiro atoms. The van der Waals surface area contributed by atoms with E-state index in [4.69, 9.17) is 4.74 Å². The molecule has 2 aliphatic rings. The van der Waals surface area contributed by atoms with E-state index >= 15 is 0 Å². The highest BCUT2D eigenvalue weighted by molar-refractivity contribution is 6.06. The van der Waals surface area contributed by atoms with E-state index in [0.29, 0.717) is 5.75 Å². The number of nitrogens with one attached hydrogen (secondary N) is 1. The Kier molecular flexibility index (Phi) is 3.92. The lowest BCUT2D eigenvalue weighted by Gasteiger charge is -2.26. The molecule has 0 fully saturated rings. The topological polar surface area (TPSA) is 58.6 Å². The Morgan fingerprint density at radius 1 is 1.28 bits per heavy atom. The summed E-state index contributed by atoms with van der Waals surface area (Å²) in [5.74, 6) is 0.466. The Labute approximate surface area is 146 Å². The van der Waals surface area contributed by atoms with Crippen LogP contribution in [0.2, 0.25) is 0 Å². The molecular formula is C20H20N2O3. The molecule has 1 atom stereocenters. The number of para-hydroxylation sites is 1. The second-order valence-corrected chi connectivity index (χ2v) is 6.54. The van der Waals surface area contributed by atoms with E-state index in [1.54, 1.807) is 0 Å². The standard InChI is InChI=1S/C20H20N2O3/c1-13-17-11-15(10-14-6-5-9-22(19(14)17)20(13)24)21-18(23)12-25-16-7-3-2-4-8-16/h2-4,7-8,10-11,13H,5-6,9,12H2,1H3,(H,21,23)/t13-/m1/s1. The highest BCUT2D eigenvalue weighted by Gasteiger charge is 2.37. The molecule has 2 aliphatic heterocycles. The van der Waals surface area contributed by atoms with Crippen molar-refractivity contribution in [3.8, 4) is 5.75 Å². The van der Waals surface area contributed by atoms with Gasteiger partial charge in [-0.25, -0.2) is 0 Å². The molecule has 2 aromatic carbocycles. The molecule has 2 heterocycles. The first kappa shape index (κ1) is 15.7. The smallest absolute Gasteiger partial charge is 0.262 e. The number of ether oxygens (including phenoxy) is 1. The number of carbonyl (C=O) groups excluding carboxylic acids is 2. The average molecular weight is 336 g/mol. The summed E-state index contributed by atoms with van der Waals surface area (Å²) in [4.78, 5) is 26.5. The van der Waals surface area contributed by atoms with E-state index in [0.717, 1.165) is 41.9 Å². The summed E-state index contributed by atoms with van der Waals surface area (Å²) in [7, 11) is 0. The van der Waals surface area contributed by atoms with Crippen molar-refractivity contribution in [3.05, 3.63) is 53.6 Å². The van der Waals surface area contributed by atoms with Crippen molar-refractivity contribution >= 4 is 23.2 Å². The van der Waals surface area contributed by atoms with Gasteiger partial charge in [0.1, 0.15) is 5.75 Å². The van der Waals surface area contributed by atoms with E-state index in [1.165, 1.54) is 0 Å². The lowest BCUT2D eigenvalue weighted by Crippen LogP contribution is -2.32. The van der Waals surface area contributed by atoms with Crippen LogP contribution in [0, 0.1) is 0 Å². The molecular weight excluding hydrogens is 316 g/mol. The van der Waals surface area contributed by atoms with Gasteiger partial charge in [0.05, 0.1) is 11.6 Å². The zero-order valence-corrected chi connectivity index (χ0v) is 14.1. The first-order chi connectivity index (χ1) is 12.1. The second kappa shape index (κ2) is 6.24. The van der Waals surface area contributed by atoms with Crippen LogP contribution in [0.3, 0.4) is 0 Å². The minimum absolute atomic E-state index is 0.0446. The van der Waals surface area contributed by atoms with Crippen molar-refractivity contribution in [2.75, 3.05) is 23.4 Å².